The van der Waals surface area contributed by atoms with E-state index in [2.05, 4.69) is 25.7 Å². The molecule has 0 N–H and O–H groups in total. The average Bonchev–Trinajstić information content (AvgIpc) is 2.33. The summed E-state index contributed by atoms with van der Waals surface area (Å²) in [6, 6.07) is 0.575. The zero-order chi connectivity index (χ0) is 9.35. The fourth-order valence-electron chi connectivity index (χ4n) is 1.72. The molecule has 0 aliphatic carbocycles. The molecule has 1 atom stereocenters. The summed E-state index contributed by atoms with van der Waals surface area (Å²) in [4.78, 5) is 13.7. The van der Waals surface area contributed by atoms with E-state index in [-0.39, 0.29) is 5.41 Å². The number of Topliss-reactive ketones (excluding diaryl/α,β-unsaturated/α-hetero) is 1. The average molecular weight is 169 g/mol. The third-order valence-corrected chi connectivity index (χ3v) is 3.08. The van der Waals surface area contributed by atoms with Crippen LogP contribution in [0.1, 0.15) is 34.1 Å². The van der Waals surface area contributed by atoms with Crippen LogP contribution in [-0.2, 0) is 4.79 Å². The Hall–Kier alpha value is -0.370. The normalized spacial score (nSPS) is 31.4. The minimum Gasteiger partial charge on any atom is -0.300 e. The van der Waals surface area contributed by atoms with E-state index in [0.717, 1.165) is 19.5 Å². The first-order valence-electron chi connectivity index (χ1n) is 4.71. The number of rotatable bonds is 2. The van der Waals surface area contributed by atoms with Gasteiger partial charge < -0.3 is 0 Å². The van der Waals surface area contributed by atoms with Gasteiger partial charge in [0.2, 0.25) is 0 Å². The van der Waals surface area contributed by atoms with Gasteiger partial charge in [-0.05, 0) is 33.7 Å². The Bertz CT molecular complexity index is 188. The van der Waals surface area contributed by atoms with Crippen LogP contribution >= 0.6 is 0 Å². The molecule has 0 aromatic heterocycles. The van der Waals surface area contributed by atoms with Gasteiger partial charge >= 0.3 is 0 Å². The van der Waals surface area contributed by atoms with Crippen LogP contribution in [0.2, 0.25) is 0 Å². The maximum Gasteiger partial charge on any atom is 0.137 e. The minimum absolute atomic E-state index is 0.0652. The molecule has 0 aromatic carbocycles. The Morgan fingerprint density at radius 3 is 2.33 bits per heavy atom. The lowest BCUT2D eigenvalue weighted by Crippen LogP contribution is -2.33. The van der Waals surface area contributed by atoms with Gasteiger partial charge in [0.15, 0.2) is 0 Å². The van der Waals surface area contributed by atoms with Gasteiger partial charge in [-0.3, -0.25) is 9.69 Å². The van der Waals surface area contributed by atoms with Gasteiger partial charge in [-0.2, -0.15) is 0 Å². The molecule has 1 fully saturated rings. The van der Waals surface area contributed by atoms with E-state index < -0.39 is 0 Å². The van der Waals surface area contributed by atoms with Crippen molar-refractivity contribution in [3.8, 4) is 0 Å². The first-order chi connectivity index (χ1) is 5.46. The molecule has 0 saturated carbocycles. The monoisotopic (exact) mass is 169 g/mol. The highest BCUT2D eigenvalue weighted by Crippen LogP contribution is 2.31. The van der Waals surface area contributed by atoms with Gasteiger partial charge in [-0.15, -0.1) is 0 Å². The van der Waals surface area contributed by atoms with Gasteiger partial charge in [-0.25, -0.2) is 0 Å². The Morgan fingerprint density at radius 1 is 1.50 bits per heavy atom. The van der Waals surface area contributed by atoms with Crippen molar-refractivity contribution in [3.63, 3.8) is 0 Å². The van der Waals surface area contributed by atoms with Crippen molar-refractivity contribution < 1.29 is 4.79 Å². The fourth-order valence-corrected chi connectivity index (χ4v) is 1.72. The maximum atomic E-state index is 11.3. The Kier molecular flexibility index (Phi) is 2.57. The third-order valence-electron chi connectivity index (χ3n) is 3.08. The number of nitrogens with zero attached hydrogens (tertiary/aromatic N) is 1. The van der Waals surface area contributed by atoms with Crippen molar-refractivity contribution >= 4 is 5.78 Å². The quantitative estimate of drug-likeness (QED) is 0.627. The predicted molar refractivity (Wildman–Crippen MR) is 50.1 cm³/mol. The van der Waals surface area contributed by atoms with Crippen molar-refractivity contribution in [2.45, 2.75) is 40.2 Å². The number of likely N-dealkylation sites (tertiary alicyclic amines) is 1. The molecule has 12 heavy (non-hydrogen) atoms. The van der Waals surface area contributed by atoms with Gasteiger partial charge in [0.05, 0.1) is 0 Å². The molecule has 0 amide bonds. The van der Waals surface area contributed by atoms with Crippen LogP contribution in [0, 0.1) is 5.41 Å². The molecular weight excluding hydrogens is 150 g/mol. The Morgan fingerprint density at radius 2 is 2.08 bits per heavy atom. The maximum absolute atomic E-state index is 11.3. The molecule has 1 rings (SSSR count). The van der Waals surface area contributed by atoms with Crippen LogP contribution in [0.15, 0.2) is 0 Å². The second-order valence-electron chi connectivity index (χ2n) is 4.43. The molecule has 0 radical (unpaired) electrons. The number of hydrogen-bond acceptors (Lipinski definition) is 2. The van der Waals surface area contributed by atoms with Crippen molar-refractivity contribution in [2.75, 3.05) is 13.1 Å². The molecule has 0 spiro atoms. The highest BCUT2D eigenvalue weighted by atomic mass is 16.1. The summed E-state index contributed by atoms with van der Waals surface area (Å²) in [5, 5.41) is 0. The Labute approximate surface area is 74.9 Å². The lowest BCUT2D eigenvalue weighted by atomic mass is 9.86. The van der Waals surface area contributed by atoms with Crippen LogP contribution in [-0.4, -0.2) is 29.8 Å². The first-order valence-corrected chi connectivity index (χ1v) is 4.71. The van der Waals surface area contributed by atoms with Crippen molar-refractivity contribution in [2.24, 2.45) is 5.41 Å². The third kappa shape index (κ3) is 1.69. The minimum atomic E-state index is -0.0652. The summed E-state index contributed by atoms with van der Waals surface area (Å²) < 4.78 is 0. The number of carbonyl (C=O) groups is 1. The largest absolute Gasteiger partial charge is 0.300 e. The number of carbonyl (C=O) groups excluding carboxylic acids is 1. The molecule has 0 aromatic rings. The first kappa shape index (κ1) is 9.72. The van der Waals surface area contributed by atoms with E-state index in [1.807, 2.05) is 0 Å². The lowest BCUT2D eigenvalue weighted by Gasteiger charge is -2.24. The molecule has 1 saturated heterocycles. The summed E-state index contributed by atoms with van der Waals surface area (Å²) in [5.41, 5.74) is -0.0652. The molecule has 1 unspecified atom stereocenters. The van der Waals surface area contributed by atoms with Crippen LogP contribution in [0.4, 0.5) is 0 Å². The molecule has 70 valence electrons. The van der Waals surface area contributed by atoms with Gasteiger partial charge in [0, 0.05) is 18.0 Å². The molecular formula is C10H19NO. The van der Waals surface area contributed by atoms with E-state index in [4.69, 9.17) is 0 Å². The predicted octanol–water partition coefficient (Wildman–Crippen LogP) is 1.70. The van der Waals surface area contributed by atoms with Gasteiger partial charge in [0.1, 0.15) is 5.78 Å². The summed E-state index contributed by atoms with van der Waals surface area (Å²) in [5.74, 6) is 0.339. The zero-order valence-corrected chi connectivity index (χ0v) is 8.55. The van der Waals surface area contributed by atoms with Crippen molar-refractivity contribution in [3.05, 3.63) is 0 Å². The molecule has 1 heterocycles. The van der Waals surface area contributed by atoms with Crippen LogP contribution in [0.25, 0.3) is 0 Å². The van der Waals surface area contributed by atoms with Gasteiger partial charge in [-0.1, -0.05) is 6.92 Å². The van der Waals surface area contributed by atoms with E-state index >= 15 is 0 Å². The van der Waals surface area contributed by atoms with E-state index in [1.54, 1.807) is 6.92 Å². The van der Waals surface area contributed by atoms with E-state index in [1.165, 1.54) is 0 Å². The second-order valence-corrected chi connectivity index (χ2v) is 4.43. The topological polar surface area (TPSA) is 20.3 Å². The van der Waals surface area contributed by atoms with E-state index in [0.29, 0.717) is 11.8 Å². The zero-order valence-electron chi connectivity index (χ0n) is 8.55. The van der Waals surface area contributed by atoms with Crippen LogP contribution < -0.4 is 0 Å². The molecule has 2 nitrogen and oxygen atoms in total. The highest BCUT2D eigenvalue weighted by Gasteiger charge is 2.38. The molecule has 0 bridgehead atoms. The number of ketones is 1. The highest BCUT2D eigenvalue weighted by molar-refractivity contribution is 5.82. The van der Waals surface area contributed by atoms with Gasteiger partial charge in [0.25, 0.3) is 0 Å². The van der Waals surface area contributed by atoms with Crippen LogP contribution in [0.3, 0.4) is 0 Å². The second kappa shape index (κ2) is 3.17. The smallest absolute Gasteiger partial charge is 0.137 e. The van der Waals surface area contributed by atoms with Crippen molar-refractivity contribution in [1.82, 2.24) is 4.90 Å². The SMILES string of the molecule is CC(=O)C1(C)CCN(C(C)C)C1. The molecule has 1 aliphatic heterocycles. The number of hydrogen-bond donors (Lipinski definition) is 0. The Balaban J connectivity index is 2.61. The molecule has 2 heteroatoms. The summed E-state index contributed by atoms with van der Waals surface area (Å²) >= 11 is 0. The van der Waals surface area contributed by atoms with Crippen LogP contribution in [0.5, 0.6) is 0 Å². The lowest BCUT2D eigenvalue weighted by molar-refractivity contribution is -0.125. The van der Waals surface area contributed by atoms with E-state index in [9.17, 15) is 4.79 Å². The standard InChI is InChI=1S/C10H19NO/c1-8(2)11-6-5-10(4,7-11)9(3)12/h8H,5-7H2,1-4H3. The summed E-state index contributed by atoms with van der Waals surface area (Å²) in [6.07, 6.45) is 1.03. The fraction of sp³-hybridized carbons (Fsp3) is 0.900. The summed E-state index contributed by atoms with van der Waals surface area (Å²) in [7, 11) is 0. The molecule has 1 aliphatic rings. The van der Waals surface area contributed by atoms with Crippen molar-refractivity contribution in [1.29, 1.82) is 0 Å². The summed E-state index contributed by atoms with van der Waals surface area (Å²) in [6.45, 7) is 10.2.